The Morgan fingerprint density at radius 1 is 0.868 bits per heavy atom. The number of pyridine rings is 1. The quantitative estimate of drug-likeness (QED) is 0.519. The average molecular weight is 540 g/mol. The summed E-state index contributed by atoms with van der Waals surface area (Å²) in [6.45, 7) is 2.15. The third-order valence-electron chi connectivity index (χ3n) is 7.00. The second-order valence-electron chi connectivity index (χ2n) is 9.59. The number of piperidine rings is 1. The number of rotatable bonds is 3. The number of aromatic nitrogens is 3. The van der Waals surface area contributed by atoms with E-state index in [9.17, 15) is 26.3 Å². The average Bonchev–Trinajstić information content (AvgIpc) is 3.11. The van der Waals surface area contributed by atoms with Crippen molar-refractivity contribution in [2.75, 3.05) is 36.4 Å². The lowest BCUT2D eigenvalue weighted by molar-refractivity contribution is -0.156. The van der Waals surface area contributed by atoms with E-state index in [1.807, 2.05) is 0 Å². The summed E-state index contributed by atoms with van der Waals surface area (Å²) < 4.78 is 80.1. The SMILES string of the molecule is FC(F)(F)c1ccc(Nc2nc(N3CCCCC3)nc3c2CCN(C2=NC=CCC2C(F)(F)F)CC3)cn1. The summed E-state index contributed by atoms with van der Waals surface area (Å²) in [4.78, 5) is 20.9. The first-order valence-corrected chi connectivity index (χ1v) is 12.6. The second kappa shape index (κ2) is 10.4. The standard InChI is InChI=1S/C25H27F6N7/c26-24(27,28)18-5-4-10-32-22(18)37-13-8-17-19(9-14-37)35-23(38-11-2-1-3-12-38)36-21(17)34-16-6-7-20(33-15-16)25(29,30)31/h4,6-7,10,15,18H,1-3,5,8-9,11-14H2,(H,34,35,36). The van der Waals surface area contributed by atoms with Gasteiger partial charge in [0.05, 0.1) is 17.6 Å². The van der Waals surface area contributed by atoms with Crippen molar-refractivity contribution in [2.45, 2.75) is 50.9 Å². The zero-order valence-corrected chi connectivity index (χ0v) is 20.5. The Balaban J connectivity index is 1.45. The van der Waals surface area contributed by atoms with Gasteiger partial charge in [-0.25, -0.2) is 15.0 Å². The molecule has 1 N–H and O–H groups in total. The van der Waals surface area contributed by atoms with Gasteiger partial charge in [-0.05, 0) is 44.2 Å². The number of hydrogen-bond donors (Lipinski definition) is 1. The van der Waals surface area contributed by atoms with E-state index < -0.39 is 24.0 Å². The summed E-state index contributed by atoms with van der Waals surface area (Å²) in [7, 11) is 0. The van der Waals surface area contributed by atoms with Crippen molar-refractivity contribution < 1.29 is 26.3 Å². The Morgan fingerprint density at radius 3 is 2.32 bits per heavy atom. The van der Waals surface area contributed by atoms with Crippen LogP contribution in [0.5, 0.6) is 0 Å². The molecule has 1 atom stereocenters. The summed E-state index contributed by atoms with van der Waals surface area (Å²) in [6, 6.07) is 2.17. The molecule has 1 saturated heterocycles. The maximum Gasteiger partial charge on any atom is 0.433 e. The number of allylic oxidation sites excluding steroid dienone is 1. The van der Waals surface area contributed by atoms with E-state index in [2.05, 4.69) is 20.2 Å². The number of anilines is 3. The maximum atomic E-state index is 13.7. The van der Waals surface area contributed by atoms with E-state index in [0.29, 0.717) is 42.5 Å². The van der Waals surface area contributed by atoms with E-state index >= 15 is 0 Å². The van der Waals surface area contributed by atoms with Crippen LogP contribution in [0.1, 0.15) is 42.6 Å². The third-order valence-corrected chi connectivity index (χ3v) is 7.00. The Morgan fingerprint density at radius 2 is 1.63 bits per heavy atom. The predicted molar refractivity (Wildman–Crippen MR) is 130 cm³/mol. The van der Waals surface area contributed by atoms with Crippen molar-refractivity contribution in [3.63, 3.8) is 0 Å². The van der Waals surface area contributed by atoms with Gasteiger partial charge in [0.15, 0.2) is 0 Å². The van der Waals surface area contributed by atoms with E-state index in [0.717, 1.165) is 50.2 Å². The largest absolute Gasteiger partial charge is 0.433 e. The molecule has 3 aliphatic rings. The van der Waals surface area contributed by atoms with Crippen molar-refractivity contribution in [3.8, 4) is 0 Å². The highest BCUT2D eigenvalue weighted by atomic mass is 19.4. The highest BCUT2D eigenvalue weighted by Crippen LogP contribution is 2.35. The zero-order chi connectivity index (χ0) is 26.9. The number of nitrogens with one attached hydrogen (secondary N) is 1. The van der Waals surface area contributed by atoms with Crippen LogP contribution in [0.3, 0.4) is 0 Å². The number of nitrogens with zero attached hydrogens (tertiary/aromatic N) is 6. The summed E-state index contributed by atoms with van der Waals surface area (Å²) in [5.74, 6) is -0.736. The number of hydrogen-bond acceptors (Lipinski definition) is 7. The minimum atomic E-state index is -4.55. The zero-order valence-electron chi connectivity index (χ0n) is 20.5. The molecule has 0 aliphatic carbocycles. The Kier molecular flexibility index (Phi) is 7.19. The summed E-state index contributed by atoms with van der Waals surface area (Å²) in [5.41, 5.74) is 0.754. The fraction of sp³-hybridized carbons (Fsp3) is 0.520. The van der Waals surface area contributed by atoms with Gasteiger partial charge in [0, 0.05) is 44.4 Å². The lowest BCUT2D eigenvalue weighted by atomic mass is 10.0. The van der Waals surface area contributed by atoms with Crippen LogP contribution in [0, 0.1) is 5.92 Å². The molecule has 3 aliphatic heterocycles. The molecule has 13 heteroatoms. The molecular weight excluding hydrogens is 512 g/mol. The fourth-order valence-corrected chi connectivity index (χ4v) is 5.03. The summed E-state index contributed by atoms with van der Waals surface area (Å²) in [5, 5.41) is 3.10. The van der Waals surface area contributed by atoms with Crippen molar-refractivity contribution >= 4 is 23.3 Å². The minimum absolute atomic E-state index is 0.00142. The van der Waals surface area contributed by atoms with E-state index in [1.54, 1.807) is 4.90 Å². The van der Waals surface area contributed by atoms with Gasteiger partial charge in [-0.1, -0.05) is 6.08 Å². The molecule has 0 saturated carbocycles. The first kappa shape index (κ1) is 26.2. The number of fused-ring (bicyclic) bond motifs is 1. The van der Waals surface area contributed by atoms with Crippen LogP contribution in [0.2, 0.25) is 0 Å². The van der Waals surface area contributed by atoms with Crippen LogP contribution in [0.15, 0.2) is 35.6 Å². The normalized spacial score (nSPS) is 20.6. The molecule has 5 rings (SSSR count). The third kappa shape index (κ3) is 5.70. The molecule has 204 valence electrons. The van der Waals surface area contributed by atoms with E-state index in [4.69, 9.17) is 9.97 Å². The fourth-order valence-electron chi connectivity index (χ4n) is 5.03. The van der Waals surface area contributed by atoms with Crippen LogP contribution in [-0.4, -0.2) is 58.0 Å². The molecular formula is C25H27F6N7. The molecule has 0 aromatic carbocycles. The first-order valence-electron chi connectivity index (χ1n) is 12.6. The summed E-state index contributed by atoms with van der Waals surface area (Å²) >= 11 is 0. The maximum absolute atomic E-state index is 13.7. The monoisotopic (exact) mass is 539 g/mol. The van der Waals surface area contributed by atoms with Crippen molar-refractivity contribution in [1.29, 1.82) is 0 Å². The van der Waals surface area contributed by atoms with Crippen LogP contribution in [0.4, 0.5) is 43.8 Å². The molecule has 2 aromatic heterocycles. The summed E-state index contributed by atoms with van der Waals surface area (Å²) in [6.07, 6.45) is -1.37. The topological polar surface area (TPSA) is 69.5 Å². The van der Waals surface area contributed by atoms with Crippen molar-refractivity contribution in [3.05, 3.63) is 47.6 Å². The molecule has 0 amide bonds. The van der Waals surface area contributed by atoms with E-state index in [1.165, 1.54) is 18.3 Å². The van der Waals surface area contributed by atoms with Gasteiger partial charge in [-0.15, -0.1) is 0 Å². The van der Waals surface area contributed by atoms with Gasteiger partial charge in [0.1, 0.15) is 23.3 Å². The molecule has 5 heterocycles. The first-order chi connectivity index (χ1) is 18.1. The van der Waals surface area contributed by atoms with Gasteiger partial charge >= 0.3 is 12.4 Å². The molecule has 38 heavy (non-hydrogen) atoms. The smallest absolute Gasteiger partial charge is 0.359 e. The lowest BCUT2D eigenvalue weighted by Gasteiger charge is -2.32. The van der Waals surface area contributed by atoms with Crippen molar-refractivity contribution in [2.24, 2.45) is 10.9 Å². The molecule has 7 nitrogen and oxygen atoms in total. The number of halogens is 6. The number of alkyl halides is 6. The van der Waals surface area contributed by atoms with Gasteiger partial charge in [-0.2, -0.15) is 31.3 Å². The Labute approximate surface area is 215 Å². The van der Waals surface area contributed by atoms with Crippen LogP contribution in [0.25, 0.3) is 0 Å². The van der Waals surface area contributed by atoms with Crippen LogP contribution >= 0.6 is 0 Å². The van der Waals surface area contributed by atoms with Crippen molar-refractivity contribution in [1.82, 2.24) is 19.9 Å². The Bertz CT molecular complexity index is 1200. The highest BCUT2D eigenvalue weighted by Gasteiger charge is 2.45. The Hall–Kier alpha value is -3.38. The van der Waals surface area contributed by atoms with Gasteiger partial charge in [0.25, 0.3) is 0 Å². The van der Waals surface area contributed by atoms with Gasteiger partial charge < -0.3 is 15.1 Å². The van der Waals surface area contributed by atoms with Gasteiger partial charge in [0.2, 0.25) is 5.95 Å². The van der Waals surface area contributed by atoms with Crippen LogP contribution < -0.4 is 10.2 Å². The second-order valence-corrected chi connectivity index (χ2v) is 9.59. The van der Waals surface area contributed by atoms with E-state index in [-0.39, 0.29) is 18.8 Å². The molecule has 0 bridgehead atoms. The predicted octanol–water partition coefficient (Wildman–Crippen LogP) is 5.52. The number of amidine groups is 1. The molecule has 0 radical (unpaired) electrons. The minimum Gasteiger partial charge on any atom is -0.359 e. The number of aliphatic imine (C=N–C) groups is 1. The molecule has 1 unspecified atom stereocenters. The molecule has 1 fully saturated rings. The highest BCUT2D eigenvalue weighted by molar-refractivity contribution is 5.87. The molecule has 0 spiro atoms. The van der Waals surface area contributed by atoms with Gasteiger partial charge in [-0.3, -0.25) is 0 Å². The molecule has 2 aromatic rings. The lowest BCUT2D eigenvalue weighted by Crippen LogP contribution is -2.44. The van der Waals surface area contributed by atoms with Crippen LogP contribution in [-0.2, 0) is 19.0 Å².